The van der Waals surface area contributed by atoms with Gasteiger partial charge in [0.15, 0.2) is 10.5 Å². The first-order valence-electron chi connectivity index (χ1n) is 10.5. The van der Waals surface area contributed by atoms with Crippen LogP contribution in [0.5, 0.6) is 0 Å². The minimum absolute atomic E-state index is 0.0502. The van der Waals surface area contributed by atoms with Crippen LogP contribution in [-0.2, 0) is 58.7 Å². The maximum atomic E-state index is 12.2. The predicted molar refractivity (Wildman–Crippen MR) is 110 cm³/mol. The lowest BCUT2D eigenvalue weighted by Crippen LogP contribution is -2.36. The van der Waals surface area contributed by atoms with E-state index in [0.717, 1.165) is 0 Å². The third-order valence-corrected chi connectivity index (χ3v) is 7.81. The van der Waals surface area contributed by atoms with E-state index in [1.165, 1.54) is 0 Å². The summed E-state index contributed by atoms with van der Waals surface area (Å²) in [5, 5.41) is -5.00. The van der Waals surface area contributed by atoms with Crippen molar-refractivity contribution in [3.05, 3.63) is 0 Å². The van der Waals surface area contributed by atoms with Gasteiger partial charge in [-0.05, 0) is 0 Å². The molecule has 20 heteroatoms. The lowest BCUT2D eigenvalue weighted by molar-refractivity contribution is -0.197. The molecule has 2 rings (SSSR count). The Bertz CT molecular complexity index is 1290. The van der Waals surface area contributed by atoms with Gasteiger partial charge in [-0.1, -0.05) is 21.6 Å². The Kier molecular flexibility index (Phi) is 7.18. The molecule has 2 fully saturated rings. The molecule has 4 amide bonds. The molecule has 0 aromatic heterocycles. The number of rotatable bonds is 11. The molecular formula is C14H16N2O14S4. The second-order valence-electron chi connectivity index (χ2n) is 6.19. The van der Waals surface area contributed by atoms with Crippen molar-refractivity contribution in [2.24, 2.45) is 0 Å². The van der Waals surface area contributed by atoms with Crippen molar-refractivity contribution in [2.45, 2.75) is 36.1 Å². The number of amides is 4. The van der Waals surface area contributed by atoms with E-state index in [4.69, 9.17) is 14.6 Å². The molecule has 2 aliphatic heterocycles. The van der Waals surface area contributed by atoms with Gasteiger partial charge in [-0.3, -0.25) is 28.3 Å². The molecule has 0 aromatic carbocycles. The standard InChI is InChI=1S/C14H16N2O14S4/c17-9-5-7(33(23,24)25)13(21)15(9)29-11(19)1-3-31-32-4-2-12(20)30-16-10(18)6-8(14(16)22)34(26,27)28/h7-8H,1-6H2,(H,23,24,25)(H,26,27,28)/i1D2,3D2. The number of hydrogen-bond acceptors (Lipinski definition) is 14. The van der Waals surface area contributed by atoms with Crippen LogP contribution in [0, 0.1) is 0 Å². The molecule has 16 nitrogen and oxygen atoms in total. The molecule has 2 heterocycles. The fourth-order valence-electron chi connectivity index (χ4n) is 2.33. The Morgan fingerprint density at radius 1 is 0.882 bits per heavy atom. The van der Waals surface area contributed by atoms with E-state index < -0.39 is 103 Å². The smallest absolute Gasteiger partial charge is 0.330 e. The maximum absolute atomic E-state index is 12.2. The summed E-state index contributed by atoms with van der Waals surface area (Å²) >= 11 is 0. The Labute approximate surface area is 205 Å². The zero-order chi connectivity index (χ0) is 29.4. The first-order valence-corrected chi connectivity index (χ1v) is 13.8. The van der Waals surface area contributed by atoms with Gasteiger partial charge in [-0.15, -0.1) is 10.1 Å². The van der Waals surface area contributed by atoms with Gasteiger partial charge in [0, 0.05) is 16.9 Å². The van der Waals surface area contributed by atoms with Crippen LogP contribution in [0.2, 0.25) is 0 Å². The van der Waals surface area contributed by atoms with E-state index in [9.17, 15) is 45.6 Å². The highest BCUT2D eigenvalue weighted by atomic mass is 33.1. The minimum atomic E-state index is -5.06. The molecule has 0 bridgehead atoms. The van der Waals surface area contributed by atoms with Crippen LogP contribution in [0.1, 0.15) is 31.1 Å². The van der Waals surface area contributed by atoms with Gasteiger partial charge in [0.25, 0.3) is 43.9 Å². The van der Waals surface area contributed by atoms with Crippen molar-refractivity contribution in [3.8, 4) is 0 Å². The number of carbonyl (C=O) groups excluding carboxylic acids is 6. The van der Waals surface area contributed by atoms with Gasteiger partial charge in [-0.25, -0.2) is 9.59 Å². The number of imide groups is 2. The van der Waals surface area contributed by atoms with Crippen molar-refractivity contribution >= 4 is 77.4 Å². The van der Waals surface area contributed by atoms with E-state index in [0.29, 0.717) is 10.8 Å². The van der Waals surface area contributed by atoms with E-state index in [1.54, 1.807) is 0 Å². The molecule has 0 radical (unpaired) electrons. The molecule has 2 saturated heterocycles. The van der Waals surface area contributed by atoms with E-state index in [2.05, 4.69) is 9.68 Å². The second kappa shape index (κ2) is 11.0. The maximum Gasteiger partial charge on any atom is 0.334 e. The molecular weight excluding hydrogens is 548 g/mol. The predicted octanol–water partition coefficient (Wildman–Crippen LogP) is -1.90. The molecule has 0 aliphatic carbocycles. The van der Waals surface area contributed by atoms with Gasteiger partial charge in [0.1, 0.15) is 0 Å². The molecule has 34 heavy (non-hydrogen) atoms. The average molecular weight is 569 g/mol. The Hall–Kier alpha value is -2.26. The monoisotopic (exact) mass is 568 g/mol. The zero-order valence-electron chi connectivity index (χ0n) is 20.3. The molecule has 0 saturated carbocycles. The highest BCUT2D eigenvalue weighted by Crippen LogP contribution is 2.25. The van der Waals surface area contributed by atoms with Crippen molar-refractivity contribution < 1.29 is 69.9 Å². The van der Waals surface area contributed by atoms with Gasteiger partial charge in [0.2, 0.25) is 0 Å². The number of hydrogen-bond donors (Lipinski definition) is 2. The summed E-state index contributed by atoms with van der Waals surface area (Å²) in [6.07, 6.45) is -6.28. The molecule has 190 valence electrons. The van der Waals surface area contributed by atoms with Crippen LogP contribution in [0.25, 0.3) is 0 Å². The molecule has 2 atom stereocenters. The van der Waals surface area contributed by atoms with Crippen LogP contribution >= 0.6 is 21.6 Å². The van der Waals surface area contributed by atoms with Crippen molar-refractivity contribution in [1.29, 1.82) is 0 Å². The first kappa shape index (κ1) is 22.2. The third kappa shape index (κ3) is 7.12. The van der Waals surface area contributed by atoms with Gasteiger partial charge < -0.3 is 9.68 Å². The molecule has 0 spiro atoms. The quantitative estimate of drug-likeness (QED) is 0.120. The van der Waals surface area contributed by atoms with E-state index in [-0.39, 0.29) is 21.6 Å². The zero-order valence-corrected chi connectivity index (χ0v) is 19.6. The minimum Gasteiger partial charge on any atom is -0.330 e. The number of hydroxylamine groups is 4. The van der Waals surface area contributed by atoms with Crippen molar-refractivity contribution in [1.82, 2.24) is 10.1 Å². The van der Waals surface area contributed by atoms with Crippen LogP contribution in [0.3, 0.4) is 0 Å². The third-order valence-electron chi connectivity index (χ3n) is 3.85. The summed E-state index contributed by atoms with van der Waals surface area (Å²) in [5.74, 6) is -9.58. The normalized spacial score (nSPS) is 23.9. The van der Waals surface area contributed by atoms with Gasteiger partial charge >= 0.3 is 11.9 Å². The van der Waals surface area contributed by atoms with Crippen LogP contribution in [0.15, 0.2) is 0 Å². The summed E-state index contributed by atoms with van der Waals surface area (Å²) in [7, 11) is -9.49. The number of nitrogens with zero attached hydrogens (tertiary/aromatic N) is 2. The van der Waals surface area contributed by atoms with Gasteiger partial charge in [0.05, 0.1) is 25.6 Å². The number of carbonyl (C=O) groups is 6. The SMILES string of the molecule is [2H]C([2H])(SSCCC(=O)ON1C(=O)CC(S(=O)(=O)O)C1=O)C([2H])([2H])C(=O)ON1C(=O)CC(S(=O)(=O)O)C1=O. The molecule has 2 N–H and O–H groups in total. The first-order chi connectivity index (χ1) is 17.1. The van der Waals surface area contributed by atoms with Crippen molar-refractivity contribution in [3.63, 3.8) is 0 Å². The van der Waals surface area contributed by atoms with Crippen LogP contribution in [0.4, 0.5) is 0 Å². The Balaban J connectivity index is 1.90. The Morgan fingerprint density at radius 2 is 1.32 bits per heavy atom. The highest BCUT2D eigenvalue weighted by molar-refractivity contribution is 8.76. The fraction of sp³-hybridized carbons (Fsp3) is 0.571. The largest absolute Gasteiger partial charge is 0.334 e. The lowest BCUT2D eigenvalue weighted by Gasteiger charge is -2.13. The molecule has 0 aromatic rings. The average Bonchev–Trinajstić information content (AvgIpc) is 3.21. The summed E-state index contributed by atoms with van der Waals surface area (Å²) in [6.45, 7) is 0. The van der Waals surface area contributed by atoms with Crippen LogP contribution < -0.4 is 0 Å². The highest BCUT2D eigenvalue weighted by Gasteiger charge is 2.49. The summed E-state index contributed by atoms with van der Waals surface area (Å²) in [6, 6.07) is 0. The van der Waals surface area contributed by atoms with Crippen LogP contribution in [-0.4, -0.2) is 93.6 Å². The fourth-order valence-corrected chi connectivity index (χ4v) is 5.06. The molecule has 2 aliphatic rings. The molecule has 2 unspecified atom stereocenters. The summed E-state index contributed by atoms with van der Waals surface area (Å²) in [5.41, 5.74) is -3.16. The van der Waals surface area contributed by atoms with Gasteiger partial charge in [-0.2, -0.15) is 16.8 Å². The summed E-state index contributed by atoms with van der Waals surface area (Å²) in [4.78, 5) is 79.9. The van der Waals surface area contributed by atoms with Crippen molar-refractivity contribution in [2.75, 3.05) is 11.5 Å². The topological polar surface area (TPSA) is 236 Å². The van der Waals surface area contributed by atoms with E-state index >= 15 is 0 Å². The summed E-state index contributed by atoms with van der Waals surface area (Å²) < 4.78 is 93.3. The Morgan fingerprint density at radius 3 is 1.74 bits per heavy atom. The second-order valence-corrected chi connectivity index (χ2v) is 11.6. The van der Waals surface area contributed by atoms with E-state index in [1.807, 2.05) is 0 Å². The lowest BCUT2D eigenvalue weighted by atomic mass is 10.4.